The molecule has 3 aromatic rings. The first kappa shape index (κ1) is 15.8. The van der Waals surface area contributed by atoms with Crippen molar-refractivity contribution in [3.8, 4) is 16.5 Å². The maximum absolute atomic E-state index is 11.8. The molecule has 2 aromatic heterocycles. The first-order chi connectivity index (χ1) is 11.1. The zero-order chi connectivity index (χ0) is 16.2. The van der Waals surface area contributed by atoms with E-state index in [1.807, 2.05) is 0 Å². The van der Waals surface area contributed by atoms with Crippen LogP contribution in [0.15, 0.2) is 40.8 Å². The summed E-state index contributed by atoms with van der Waals surface area (Å²) in [6.45, 7) is -0.190. The molecule has 9 heteroatoms. The average Bonchev–Trinajstić information content (AvgIpc) is 3.16. The number of nitrogens with zero attached hydrogens (tertiary/aromatic N) is 2. The third-order valence-electron chi connectivity index (χ3n) is 2.64. The zero-order valence-corrected chi connectivity index (χ0v) is 13.8. The topological polar surface area (TPSA) is 77.2 Å². The average molecular weight is 370 g/mol. The first-order valence-electron chi connectivity index (χ1n) is 6.37. The summed E-state index contributed by atoms with van der Waals surface area (Å²) in [5, 5.41) is 10.6. The van der Waals surface area contributed by atoms with E-state index in [1.165, 1.54) is 11.3 Å². The van der Waals surface area contributed by atoms with Crippen molar-refractivity contribution < 1.29 is 13.9 Å². The summed E-state index contributed by atoms with van der Waals surface area (Å²) in [6, 6.07) is 10.2. The van der Waals surface area contributed by atoms with Crippen LogP contribution in [0.2, 0.25) is 9.36 Å². The van der Waals surface area contributed by atoms with Crippen molar-refractivity contribution in [3.05, 3.63) is 45.8 Å². The Balaban J connectivity index is 1.56. The van der Waals surface area contributed by atoms with Gasteiger partial charge in [0, 0.05) is 5.02 Å². The second-order valence-electron chi connectivity index (χ2n) is 4.31. The van der Waals surface area contributed by atoms with Crippen molar-refractivity contribution >= 4 is 46.5 Å². The monoisotopic (exact) mass is 369 g/mol. The molecule has 0 atom stereocenters. The molecule has 3 rings (SSSR count). The van der Waals surface area contributed by atoms with E-state index >= 15 is 0 Å². The zero-order valence-electron chi connectivity index (χ0n) is 11.5. The lowest BCUT2D eigenvalue weighted by Crippen LogP contribution is -2.20. The fourth-order valence-electron chi connectivity index (χ4n) is 1.64. The van der Waals surface area contributed by atoms with Gasteiger partial charge < -0.3 is 9.15 Å². The molecular weight excluding hydrogens is 361 g/mol. The Morgan fingerprint density at radius 2 is 1.96 bits per heavy atom. The number of halogens is 2. The van der Waals surface area contributed by atoms with Crippen LogP contribution in [0.5, 0.6) is 5.75 Å². The SMILES string of the molecule is O=C(COc1ccc(Cl)cc1)Nc1nnc(-c2ccc(Cl)s2)o1. The summed E-state index contributed by atoms with van der Waals surface area (Å²) >= 11 is 12.9. The van der Waals surface area contributed by atoms with Gasteiger partial charge in [-0.3, -0.25) is 10.1 Å². The molecule has 118 valence electrons. The van der Waals surface area contributed by atoms with Crippen LogP contribution in [0.25, 0.3) is 10.8 Å². The number of hydrogen-bond donors (Lipinski definition) is 1. The fraction of sp³-hybridized carbons (Fsp3) is 0.0714. The molecule has 0 fully saturated rings. The molecule has 0 aliphatic rings. The van der Waals surface area contributed by atoms with Gasteiger partial charge in [-0.05, 0) is 36.4 Å². The van der Waals surface area contributed by atoms with Gasteiger partial charge in [-0.15, -0.1) is 16.4 Å². The molecule has 1 aromatic carbocycles. The number of amides is 1. The number of thiophene rings is 1. The molecule has 0 saturated carbocycles. The molecule has 0 bridgehead atoms. The number of aromatic nitrogens is 2. The van der Waals surface area contributed by atoms with Crippen molar-refractivity contribution in [2.45, 2.75) is 0 Å². The van der Waals surface area contributed by atoms with E-state index in [-0.39, 0.29) is 18.5 Å². The highest BCUT2D eigenvalue weighted by molar-refractivity contribution is 7.19. The second kappa shape index (κ2) is 6.99. The molecule has 0 unspecified atom stereocenters. The van der Waals surface area contributed by atoms with Gasteiger partial charge in [0.05, 0.1) is 9.21 Å². The first-order valence-corrected chi connectivity index (χ1v) is 7.95. The summed E-state index contributed by atoms with van der Waals surface area (Å²) in [6.07, 6.45) is 0. The third-order valence-corrected chi connectivity index (χ3v) is 4.11. The molecule has 1 amide bonds. The van der Waals surface area contributed by atoms with Crippen LogP contribution in [0.4, 0.5) is 6.01 Å². The third kappa shape index (κ3) is 4.22. The maximum Gasteiger partial charge on any atom is 0.322 e. The minimum absolute atomic E-state index is 0.00534. The highest BCUT2D eigenvalue weighted by Gasteiger charge is 2.13. The van der Waals surface area contributed by atoms with Gasteiger partial charge in [-0.25, -0.2) is 0 Å². The van der Waals surface area contributed by atoms with Gasteiger partial charge in [0.2, 0.25) is 0 Å². The molecule has 23 heavy (non-hydrogen) atoms. The van der Waals surface area contributed by atoms with Crippen LogP contribution in [0, 0.1) is 0 Å². The van der Waals surface area contributed by atoms with Crippen molar-refractivity contribution in [1.82, 2.24) is 10.2 Å². The molecule has 0 aliphatic heterocycles. The Hall–Kier alpha value is -2.09. The van der Waals surface area contributed by atoms with Crippen molar-refractivity contribution in [1.29, 1.82) is 0 Å². The van der Waals surface area contributed by atoms with E-state index in [0.29, 0.717) is 15.1 Å². The van der Waals surface area contributed by atoms with E-state index in [2.05, 4.69) is 15.5 Å². The van der Waals surface area contributed by atoms with E-state index in [0.717, 1.165) is 4.88 Å². The number of carbonyl (C=O) groups excluding carboxylic acids is 1. The van der Waals surface area contributed by atoms with Crippen LogP contribution in [-0.2, 0) is 4.79 Å². The fourth-order valence-corrected chi connectivity index (χ4v) is 2.73. The van der Waals surface area contributed by atoms with Crippen LogP contribution < -0.4 is 10.1 Å². The Morgan fingerprint density at radius 3 is 2.65 bits per heavy atom. The van der Waals surface area contributed by atoms with Gasteiger partial charge in [-0.1, -0.05) is 28.3 Å². The number of rotatable bonds is 5. The van der Waals surface area contributed by atoms with Crippen molar-refractivity contribution in [3.63, 3.8) is 0 Å². The molecule has 0 aliphatic carbocycles. The summed E-state index contributed by atoms with van der Waals surface area (Å²) in [5.74, 6) is 0.402. The quantitative estimate of drug-likeness (QED) is 0.731. The Labute approximate surface area is 145 Å². The lowest BCUT2D eigenvalue weighted by Gasteiger charge is -2.04. The minimum atomic E-state index is -0.417. The Morgan fingerprint density at radius 1 is 1.17 bits per heavy atom. The van der Waals surface area contributed by atoms with Gasteiger partial charge in [0.1, 0.15) is 5.75 Å². The lowest BCUT2D eigenvalue weighted by atomic mass is 10.3. The summed E-state index contributed by atoms with van der Waals surface area (Å²) in [5.41, 5.74) is 0. The predicted molar refractivity (Wildman–Crippen MR) is 88.2 cm³/mol. The van der Waals surface area contributed by atoms with Crippen molar-refractivity contribution in [2.24, 2.45) is 0 Å². The predicted octanol–water partition coefficient (Wildman–Crippen LogP) is 4.12. The highest BCUT2D eigenvalue weighted by Crippen LogP contribution is 2.30. The van der Waals surface area contributed by atoms with Gasteiger partial charge in [-0.2, -0.15) is 0 Å². The van der Waals surface area contributed by atoms with E-state index < -0.39 is 5.91 Å². The molecule has 0 spiro atoms. The van der Waals surface area contributed by atoms with E-state index in [1.54, 1.807) is 36.4 Å². The number of nitrogens with one attached hydrogen (secondary N) is 1. The molecular formula is C14H9Cl2N3O3S. The van der Waals surface area contributed by atoms with Crippen molar-refractivity contribution in [2.75, 3.05) is 11.9 Å². The summed E-state index contributed by atoms with van der Waals surface area (Å²) in [7, 11) is 0. The van der Waals surface area contributed by atoms with Gasteiger partial charge >= 0.3 is 6.01 Å². The molecule has 0 radical (unpaired) electrons. The minimum Gasteiger partial charge on any atom is -0.484 e. The number of carbonyl (C=O) groups is 1. The van der Waals surface area contributed by atoms with E-state index in [4.69, 9.17) is 32.4 Å². The smallest absolute Gasteiger partial charge is 0.322 e. The lowest BCUT2D eigenvalue weighted by molar-refractivity contribution is -0.118. The van der Waals surface area contributed by atoms with Gasteiger partial charge in [0.15, 0.2) is 6.61 Å². The number of anilines is 1. The molecule has 0 saturated heterocycles. The van der Waals surface area contributed by atoms with Crippen LogP contribution in [-0.4, -0.2) is 22.7 Å². The second-order valence-corrected chi connectivity index (χ2v) is 6.46. The molecule has 1 N–H and O–H groups in total. The Kier molecular flexibility index (Phi) is 4.80. The van der Waals surface area contributed by atoms with Crippen LogP contribution in [0.1, 0.15) is 0 Å². The maximum atomic E-state index is 11.8. The number of hydrogen-bond acceptors (Lipinski definition) is 6. The Bertz CT molecular complexity index is 817. The van der Waals surface area contributed by atoms with Crippen LogP contribution >= 0.6 is 34.5 Å². The summed E-state index contributed by atoms with van der Waals surface area (Å²) < 4.78 is 11.3. The summed E-state index contributed by atoms with van der Waals surface area (Å²) in [4.78, 5) is 12.5. The molecule has 2 heterocycles. The van der Waals surface area contributed by atoms with E-state index in [9.17, 15) is 4.79 Å². The number of ether oxygens (including phenoxy) is 1. The standard InChI is InChI=1S/C14H9Cl2N3O3S/c15-8-1-3-9(4-2-8)21-7-12(20)17-14-19-18-13(22-14)10-5-6-11(16)23-10/h1-6H,7H2,(H,17,19,20). The normalized spacial score (nSPS) is 10.5. The molecule has 6 nitrogen and oxygen atoms in total. The van der Waals surface area contributed by atoms with Gasteiger partial charge in [0.25, 0.3) is 11.8 Å². The largest absolute Gasteiger partial charge is 0.484 e. The van der Waals surface area contributed by atoms with Crippen LogP contribution in [0.3, 0.4) is 0 Å². The highest BCUT2D eigenvalue weighted by atomic mass is 35.5. The number of benzene rings is 1.